The maximum atomic E-state index is 12.7. The van der Waals surface area contributed by atoms with Crippen LogP contribution in [0.4, 0.5) is 19.0 Å². The molecule has 0 N–H and O–H groups in total. The molecule has 1 saturated heterocycles. The van der Waals surface area contributed by atoms with Crippen molar-refractivity contribution in [1.82, 2.24) is 4.98 Å². The molecule has 1 amide bonds. The van der Waals surface area contributed by atoms with E-state index in [1.165, 1.54) is 17.0 Å². The number of hydrogen-bond acceptors (Lipinski definition) is 2. The first-order valence-electron chi connectivity index (χ1n) is 5.49. The predicted octanol–water partition coefficient (Wildman–Crippen LogP) is 3.40. The van der Waals surface area contributed by atoms with Gasteiger partial charge in [-0.25, -0.2) is 4.98 Å². The third-order valence-electron chi connectivity index (χ3n) is 2.86. The van der Waals surface area contributed by atoms with Gasteiger partial charge in [-0.2, -0.15) is 13.2 Å². The van der Waals surface area contributed by atoms with Crippen LogP contribution in [0.2, 0.25) is 0 Å². The van der Waals surface area contributed by atoms with Gasteiger partial charge >= 0.3 is 6.18 Å². The van der Waals surface area contributed by atoms with Crippen molar-refractivity contribution in [2.75, 3.05) is 11.4 Å². The monoisotopic (exact) mass is 334 g/mol. The summed E-state index contributed by atoms with van der Waals surface area (Å²) in [4.78, 5) is 16.5. The summed E-state index contributed by atoms with van der Waals surface area (Å²) in [7, 11) is 0. The average Bonchev–Trinajstić information content (AvgIpc) is 2.70. The lowest BCUT2D eigenvalue weighted by Crippen LogP contribution is -2.26. The number of aromatic nitrogens is 1. The number of pyridine rings is 1. The molecule has 3 nitrogen and oxygen atoms in total. The first-order chi connectivity index (χ1) is 8.82. The standard InChI is InChI=1S/C12H10BrF3N2O/c1-2-7-5-10(19)18(6-7)9-4-3-8(13)11(17-9)12(14,15)16/h2-4,7H,1,5-6H2. The zero-order chi connectivity index (χ0) is 14.2. The molecule has 1 fully saturated rings. The van der Waals surface area contributed by atoms with Gasteiger partial charge in [0.2, 0.25) is 5.91 Å². The number of amides is 1. The zero-order valence-electron chi connectivity index (χ0n) is 9.75. The van der Waals surface area contributed by atoms with Crippen LogP contribution < -0.4 is 4.90 Å². The highest BCUT2D eigenvalue weighted by molar-refractivity contribution is 9.10. The van der Waals surface area contributed by atoms with E-state index in [1.807, 2.05) is 0 Å². The van der Waals surface area contributed by atoms with E-state index in [9.17, 15) is 18.0 Å². The molecule has 0 aromatic carbocycles. The molecule has 1 aliphatic heterocycles. The van der Waals surface area contributed by atoms with Gasteiger partial charge in [0, 0.05) is 23.4 Å². The van der Waals surface area contributed by atoms with Crippen LogP contribution in [0, 0.1) is 5.92 Å². The van der Waals surface area contributed by atoms with Gasteiger partial charge < -0.3 is 0 Å². The van der Waals surface area contributed by atoms with Crippen molar-refractivity contribution in [1.29, 1.82) is 0 Å². The van der Waals surface area contributed by atoms with E-state index < -0.39 is 11.9 Å². The molecule has 0 radical (unpaired) electrons. The van der Waals surface area contributed by atoms with Crippen molar-refractivity contribution >= 4 is 27.7 Å². The van der Waals surface area contributed by atoms with Crippen molar-refractivity contribution in [3.63, 3.8) is 0 Å². The lowest BCUT2D eigenvalue weighted by atomic mass is 10.1. The fraction of sp³-hybridized carbons (Fsp3) is 0.333. The molecule has 7 heteroatoms. The van der Waals surface area contributed by atoms with Crippen molar-refractivity contribution < 1.29 is 18.0 Å². The summed E-state index contributed by atoms with van der Waals surface area (Å²) in [6, 6.07) is 2.64. The minimum absolute atomic E-state index is 0.0184. The van der Waals surface area contributed by atoms with Crippen LogP contribution in [-0.2, 0) is 11.0 Å². The van der Waals surface area contributed by atoms with Gasteiger partial charge in [-0.3, -0.25) is 9.69 Å². The molecule has 1 unspecified atom stereocenters. The topological polar surface area (TPSA) is 33.2 Å². The van der Waals surface area contributed by atoms with Gasteiger partial charge in [-0.15, -0.1) is 6.58 Å². The Labute approximate surface area is 116 Å². The molecular formula is C12H10BrF3N2O. The first kappa shape index (κ1) is 14.0. The molecular weight excluding hydrogens is 325 g/mol. The van der Waals surface area contributed by atoms with Crippen molar-refractivity contribution in [3.8, 4) is 0 Å². The van der Waals surface area contributed by atoms with Gasteiger partial charge in [0.1, 0.15) is 5.82 Å². The molecule has 1 aromatic rings. The van der Waals surface area contributed by atoms with Gasteiger partial charge in [-0.05, 0) is 28.1 Å². The predicted molar refractivity (Wildman–Crippen MR) is 67.6 cm³/mol. The maximum absolute atomic E-state index is 12.7. The molecule has 0 bridgehead atoms. The number of hydrogen-bond donors (Lipinski definition) is 0. The summed E-state index contributed by atoms with van der Waals surface area (Å²) >= 11 is 2.81. The molecule has 19 heavy (non-hydrogen) atoms. The van der Waals surface area contributed by atoms with Crippen LogP contribution in [0.3, 0.4) is 0 Å². The summed E-state index contributed by atoms with van der Waals surface area (Å²) in [5.74, 6) is -0.273. The van der Waals surface area contributed by atoms with E-state index in [2.05, 4.69) is 27.5 Å². The molecule has 0 spiro atoms. The highest BCUT2D eigenvalue weighted by Crippen LogP contribution is 2.35. The van der Waals surface area contributed by atoms with Crippen molar-refractivity contribution in [2.45, 2.75) is 12.6 Å². The van der Waals surface area contributed by atoms with Gasteiger partial charge in [-0.1, -0.05) is 6.08 Å². The first-order valence-corrected chi connectivity index (χ1v) is 6.29. The van der Waals surface area contributed by atoms with E-state index in [1.54, 1.807) is 6.08 Å². The summed E-state index contributed by atoms with van der Waals surface area (Å²) in [6.45, 7) is 3.90. The molecule has 2 rings (SSSR count). The molecule has 2 heterocycles. The fourth-order valence-electron chi connectivity index (χ4n) is 1.90. The molecule has 1 atom stereocenters. The zero-order valence-corrected chi connectivity index (χ0v) is 11.3. The van der Waals surface area contributed by atoms with E-state index >= 15 is 0 Å². The highest BCUT2D eigenvalue weighted by Gasteiger charge is 2.37. The lowest BCUT2D eigenvalue weighted by Gasteiger charge is -2.17. The number of carbonyl (C=O) groups is 1. The Morgan fingerprint density at radius 1 is 1.47 bits per heavy atom. The number of nitrogens with zero attached hydrogens (tertiary/aromatic N) is 2. The second kappa shape index (κ2) is 4.96. The molecule has 102 valence electrons. The quantitative estimate of drug-likeness (QED) is 0.776. The Balaban J connectivity index is 2.37. The second-order valence-corrected chi connectivity index (χ2v) is 5.06. The number of alkyl halides is 3. The summed E-state index contributed by atoms with van der Waals surface area (Å²) in [6.07, 6.45) is -2.68. The van der Waals surface area contributed by atoms with E-state index in [-0.39, 0.29) is 28.5 Å². The average molecular weight is 335 g/mol. The second-order valence-electron chi connectivity index (χ2n) is 4.20. The van der Waals surface area contributed by atoms with Gasteiger partial charge in [0.25, 0.3) is 0 Å². The van der Waals surface area contributed by atoms with E-state index in [0.29, 0.717) is 6.54 Å². The molecule has 1 aliphatic rings. The van der Waals surface area contributed by atoms with Crippen LogP contribution >= 0.6 is 15.9 Å². The van der Waals surface area contributed by atoms with Crippen LogP contribution in [-0.4, -0.2) is 17.4 Å². The van der Waals surface area contributed by atoms with E-state index in [0.717, 1.165) is 0 Å². The Morgan fingerprint density at radius 3 is 2.68 bits per heavy atom. The summed E-state index contributed by atoms with van der Waals surface area (Å²) < 4.78 is 38.1. The molecule has 1 aromatic heterocycles. The number of rotatable bonds is 2. The number of carbonyl (C=O) groups excluding carboxylic acids is 1. The third kappa shape index (κ3) is 2.80. The Morgan fingerprint density at radius 2 is 2.16 bits per heavy atom. The molecule has 0 saturated carbocycles. The van der Waals surface area contributed by atoms with Crippen molar-refractivity contribution in [2.24, 2.45) is 5.92 Å². The van der Waals surface area contributed by atoms with Crippen LogP contribution in [0.25, 0.3) is 0 Å². The minimum Gasteiger partial charge on any atom is -0.296 e. The van der Waals surface area contributed by atoms with Crippen LogP contribution in [0.15, 0.2) is 29.3 Å². The lowest BCUT2D eigenvalue weighted by molar-refractivity contribution is -0.141. The van der Waals surface area contributed by atoms with Crippen molar-refractivity contribution in [3.05, 3.63) is 35.0 Å². The summed E-state index contributed by atoms with van der Waals surface area (Å²) in [5, 5.41) is 0. The largest absolute Gasteiger partial charge is 0.434 e. The number of anilines is 1. The highest BCUT2D eigenvalue weighted by atomic mass is 79.9. The third-order valence-corrected chi connectivity index (χ3v) is 3.50. The SMILES string of the molecule is C=CC1CC(=O)N(c2ccc(Br)c(C(F)(F)F)n2)C1. The van der Waals surface area contributed by atoms with Crippen LogP contribution in [0.1, 0.15) is 12.1 Å². The van der Waals surface area contributed by atoms with Crippen LogP contribution in [0.5, 0.6) is 0 Å². The maximum Gasteiger partial charge on any atom is 0.434 e. The fourth-order valence-corrected chi connectivity index (χ4v) is 2.34. The Bertz CT molecular complexity index is 530. The van der Waals surface area contributed by atoms with E-state index in [4.69, 9.17) is 0 Å². The van der Waals surface area contributed by atoms with Gasteiger partial charge in [0.15, 0.2) is 5.69 Å². The Kier molecular flexibility index (Phi) is 3.66. The summed E-state index contributed by atoms with van der Waals surface area (Å²) in [5.41, 5.74) is -1.03. The van der Waals surface area contributed by atoms with Gasteiger partial charge in [0.05, 0.1) is 0 Å². The Hall–Kier alpha value is -1.37. The minimum atomic E-state index is -4.56. The smallest absolute Gasteiger partial charge is 0.296 e. The molecule has 0 aliphatic carbocycles. The normalized spacial score (nSPS) is 19.9. The number of halogens is 4.